The first kappa shape index (κ1) is 17.2. The zero-order valence-electron chi connectivity index (χ0n) is 12.2. The molecule has 0 aliphatic rings. The number of nitrogens with one attached hydrogen (secondary N) is 2. The van der Waals surface area contributed by atoms with E-state index in [1.807, 2.05) is 24.3 Å². The number of anilines is 1. The van der Waals surface area contributed by atoms with Gasteiger partial charge in [-0.2, -0.15) is 0 Å². The van der Waals surface area contributed by atoms with Crippen LogP contribution in [-0.2, 0) is 4.79 Å². The molecule has 5 nitrogen and oxygen atoms in total. The molecule has 1 aromatic rings. The molecule has 6 heteroatoms. The molecular weight excluding hydrogens is 288 g/mol. The van der Waals surface area contributed by atoms with Crippen LogP contribution in [0.3, 0.4) is 0 Å². The standard InChI is InChI=1S/C15H22N2O3S/c1-2-3-4-11-20-13-7-5-12(6-8-13)17-15(21)16-10-9-14(18)19/h5-8H,2-4,9-11H2,1H3,(H,18,19)(H2,16,17,21). The summed E-state index contributed by atoms with van der Waals surface area (Å²) >= 11 is 5.07. The van der Waals surface area contributed by atoms with Crippen LogP contribution in [0.15, 0.2) is 24.3 Å². The highest BCUT2D eigenvalue weighted by Gasteiger charge is 2.00. The van der Waals surface area contributed by atoms with Crippen molar-refractivity contribution in [1.82, 2.24) is 5.32 Å². The largest absolute Gasteiger partial charge is 0.494 e. The predicted octanol–water partition coefficient (Wildman–Crippen LogP) is 3.02. The number of aliphatic carboxylic acids is 1. The van der Waals surface area contributed by atoms with Crippen molar-refractivity contribution in [2.45, 2.75) is 32.6 Å². The summed E-state index contributed by atoms with van der Waals surface area (Å²) in [6.45, 7) is 3.20. The van der Waals surface area contributed by atoms with Crippen LogP contribution < -0.4 is 15.4 Å². The molecule has 0 heterocycles. The molecule has 0 atom stereocenters. The second kappa shape index (κ2) is 9.99. The number of hydrogen-bond acceptors (Lipinski definition) is 3. The van der Waals surface area contributed by atoms with Gasteiger partial charge in [-0.05, 0) is 42.9 Å². The van der Waals surface area contributed by atoms with Gasteiger partial charge in [0.15, 0.2) is 5.11 Å². The maximum atomic E-state index is 10.4. The smallest absolute Gasteiger partial charge is 0.305 e. The van der Waals surface area contributed by atoms with E-state index in [9.17, 15) is 4.79 Å². The summed E-state index contributed by atoms with van der Waals surface area (Å²) < 4.78 is 5.62. The van der Waals surface area contributed by atoms with Crippen LogP contribution in [0.25, 0.3) is 0 Å². The normalized spacial score (nSPS) is 9.95. The highest BCUT2D eigenvalue weighted by molar-refractivity contribution is 7.80. The molecule has 0 saturated carbocycles. The van der Waals surface area contributed by atoms with Gasteiger partial charge in [0.1, 0.15) is 5.75 Å². The minimum atomic E-state index is -0.852. The van der Waals surface area contributed by atoms with Gasteiger partial charge >= 0.3 is 5.97 Å². The molecule has 1 aromatic carbocycles. The van der Waals surface area contributed by atoms with Gasteiger partial charge in [-0.3, -0.25) is 4.79 Å². The van der Waals surface area contributed by atoms with Crippen LogP contribution in [0.4, 0.5) is 5.69 Å². The highest BCUT2D eigenvalue weighted by Crippen LogP contribution is 2.16. The van der Waals surface area contributed by atoms with Crippen LogP contribution in [0.2, 0.25) is 0 Å². The van der Waals surface area contributed by atoms with Crippen molar-refractivity contribution < 1.29 is 14.6 Å². The minimum absolute atomic E-state index is 0.0341. The van der Waals surface area contributed by atoms with Gasteiger partial charge < -0.3 is 20.5 Å². The topological polar surface area (TPSA) is 70.6 Å². The van der Waals surface area contributed by atoms with E-state index in [1.54, 1.807) is 0 Å². The summed E-state index contributed by atoms with van der Waals surface area (Å²) in [5, 5.41) is 14.8. The average molecular weight is 310 g/mol. The molecule has 0 amide bonds. The van der Waals surface area contributed by atoms with E-state index in [0.717, 1.165) is 24.5 Å². The van der Waals surface area contributed by atoms with Gasteiger partial charge in [-0.15, -0.1) is 0 Å². The number of carbonyl (C=O) groups is 1. The SMILES string of the molecule is CCCCCOc1ccc(NC(=S)NCCC(=O)O)cc1. The molecular formula is C15H22N2O3S. The summed E-state index contributed by atoms with van der Waals surface area (Å²) in [6, 6.07) is 7.52. The van der Waals surface area contributed by atoms with Crippen LogP contribution >= 0.6 is 12.2 Å². The molecule has 116 valence electrons. The lowest BCUT2D eigenvalue weighted by Gasteiger charge is -2.10. The summed E-state index contributed by atoms with van der Waals surface area (Å²) in [4.78, 5) is 10.4. The Morgan fingerprint density at radius 3 is 2.62 bits per heavy atom. The number of benzene rings is 1. The van der Waals surface area contributed by atoms with Crippen LogP contribution in [-0.4, -0.2) is 29.3 Å². The molecule has 0 fully saturated rings. The molecule has 0 aliphatic heterocycles. The average Bonchev–Trinajstić information content (AvgIpc) is 2.45. The molecule has 0 radical (unpaired) electrons. The Balaban J connectivity index is 2.29. The lowest BCUT2D eigenvalue weighted by Crippen LogP contribution is -2.30. The molecule has 0 bridgehead atoms. The van der Waals surface area contributed by atoms with Crippen LogP contribution in [0.1, 0.15) is 32.6 Å². The Morgan fingerprint density at radius 1 is 1.29 bits per heavy atom. The number of hydrogen-bond donors (Lipinski definition) is 3. The second-order valence-corrected chi connectivity index (χ2v) is 5.01. The summed E-state index contributed by atoms with van der Waals surface area (Å²) in [5.74, 6) is -0.0173. The Morgan fingerprint density at radius 2 is 2.00 bits per heavy atom. The van der Waals surface area contributed by atoms with E-state index in [0.29, 0.717) is 11.7 Å². The number of ether oxygens (including phenoxy) is 1. The summed E-state index contributed by atoms with van der Waals surface area (Å²) in [6.07, 6.45) is 3.45. The Hall–Kier alpha value is -1.82. The van der Waals surface area contributed by atoms with Crippen molar-refractivity contribution >= 4 is 29.0 Å². The number of carboxylic acid groups (broad SMARTS) is 1. The van der Waals surface area contributed by atoms with E-state index in [2.05, 4.69) is 17.6 Å². The molecule has 1 rings (SSSR count). The predicted molar refractivity (Wildman–Crippen MR) is 87.9 cm³/mol. The Bertz CT molecular complexity index is 449. The number of carboxylic acids is 1. The van der Waals surface area contributed by atoms with Crippen molar-refractivity contribution in [3.05, 3.63) is 24.3 Å². The molecule has 0 unspecified atom stereocenters. The molecule has 0 saturated heterocycles. The second-order valence-electron chi connectivity index (χ2n) is 4.60. The van der Waals surface area contributed by atoms with Crippen LogP contribution in [0, 0.1) is 0 Å². The highest BCUT2D eigenvalue weighted by atomic mass is 32.1. The zero-order chi connectivity index (χ0) is 15.5. The van der Waals surface area contributed by atoms with Gasteiger partial charge in [0.25, 0.3) is 0 Å². The fourth-order valence-corrected chi connectivity index (χ4v) is 1.85. The van der Waals surface area contributed by atoms with E-state index < -0.39 is 5.97 Å². The van der Waals surface area contributed by atoms with Gasteiger partial charge in [-0.1, -0.05) is 19.8 Å². The molecule has 0 spiro atoms. The van der Waals surface area contributed by atoms with Crippen molar-refractivity contribution in [2.24, 2.45) is 0 Å². The van der Waals surface area contributed by atoms with Gasteiger partial charge in [-0.25, -0.2) is 0 Å². The van der Waals surface area contributed by atoms with E-state index in [1.165, 1.54) is 12.8 Å². The van der Waals surface area contributed by atoms with E-state index in [4.69, 9.17) is 22.1 Å². The first-order valence-corrected chi connectivity index (χ1v) is 7.52. The maximum absolute atomic E-state index is 10.4. The summed E-state index contributed by atoms with van der Waals surface area (Å²) in [5.41, 5.74) is 0.837. The number of rotatable bonds is 9. The molecule has 3 N–H and O–H groups in total. The van der Waals surface area contributed by atoms with E-state index >= 15 is 0 Å². The lowest BCUT2D eigenvalue weighted by atomic mass is 10.2. The maximum Gasteiger partial charge on any atom is 0.305 e. The fourth-order valence-electron chi connectivity index (χ4n) is 1.63. The number of unbranched alkanes of at least 4 members (excludes halogenated alkanes) is 2. The van der Waals surface area contributed by atoms with Gasteiger partial charge in [0.05, 0.1) is 13.0 Å². The fraction of sp³-hybridized carbons (Fsp3) is 0.467. The Kier molecular flexibility index (Phi) is 8.19. The third kappa shape index (κ3) is 8.14. The third-order valence-corrected chi connectivity index (χ3v) is 3.00. The third-order valence-electron chi connectivity index (χ3n) is 2.75. The van der Waals surface area contributed by atoms with Crippen molar-refractivity contribution in [3.8, 4) is 5.75 Å². The first-order valence-electron chi connectivity index (χ1n) is 7.11. The molecule has 21 heavy (non-hydrogen) atoms. The molecule has 0 aliphatic carbocycles. The zero-order valence-corrected chi connectivity index (χ0v) is 13.0. The van der Waals surface area contributed by atoms with Crippen molar-refractivity contribution in [3.63, 3.8) is 0 Å². The quantitative estimate of drug-likeness (QED) is 0.481. The molecule has 0 aromatic heterocycles. The first-order chi connectivity index (χ1) is 10.1. The lowest BCUT2D eigenvalue weighted by molar-refractivity contribution is -0.136. The Labute approximate surface area is 130 Å². The van der Waals surface area contributed by atoms with Gasteiger partial charge in [0.2, 0.25) is 0 Å². The van der Waals surface area contributed by atoms with Gasteiger partial charge in [0, 0.05) is 12.2 Å². The summed E-state index contributed by atoms with van der Waals surface area (Å²) in [7, 11) is 0. The van der Waals surface area contributed by atoms with Crippen molar-refractivity contribution in [2.75, 3.05) is 18.5 Å². The van der Waals surface area contributed by atoms with Crippen LogP contribution in [0.5, 0.6) is 5.75 Å². The van der Waals surface area contributed by atoms with E-state index in [-0.39, 0.29) is 6.42 Å². The number of thiocarbonyl (C=S) groups is 1. The van der Waals surface area contributed by atoms with Crippen molar-refractivity contribution in [1.29, 1.82) is 0 Å². The monoisotopic (exact) mass is 310 g/mol. The minimum Gasteiger partial charge on any atom is -0.494 e.